The van der Waals surface area contributed by atoms with E-state index in [-0.39, 0.29) is 0 Å². The van der Waals surface area contributed by atoms with Gasteiger partial charge in [-0.15, -0.1) is 0 Å². The summed E-state index contributed by atoms with van der Waals surface area (Å²) >= 11 is 5.81. The summed E-state index contributed by atoms with van der Waals surface area (Å²) < 4.78 is 7.62. The standard InChI is InChI=1S/C13H13ClNO/c1-15-9-3-2-4-13(15)16-10-11-5-7-12(14)8-6-11/h2-9H,10H2,1H3/q+1. The number of halogens is 1. The smallest absolute Gasteiger partial charge is 0.367 e. The molecule has 16 heavy (non-hydrogen) atoms. The molecule has 0 aliphatic heterocycles. The van der Waals surface area contributed by atoms with Gasteiger partial charge in [-0.25, -0.2) is 0 Å². The molecule has 0 spiro atoms. The number of hydrogen-bond donors (Lipinski definition) is 0. The number of aryl methyl sites for hydroxylation is 1. The molecular formula is C13H13ClNO+. The molecule has 1 aromatic heterocycles. The fourth-order valence-corrected chi connectivity index (χ4v) is 1.52. The Balaban J connectivity index is 2.02. The predicted molar refractivity (Wildman–Crippen MR) is 63.4 cm³/mol. The van der Waals surface area contributed by atoms with Crippen LogP contribution in [0, 0.1) is 0 Å². The Morgan fingerprint density at radius 3 is 2.56 bits per heavy atom. The minimum Gasteiger partial charge on any atom is -0.440 e. The summed E-state index contributed by atoms with van der Waals surface area (Å²) in [6.45, 7) is 0.551. The van der Waals surface area contributed by atoms with Crippen LogP contribution in [-0.4, -0.2) is 0 Å². The van der Waals surface area contributed by atoms with Gasteiger partial charge in [-0.05, 0) is 23.8 Å². The normalized spacial score (nSPS) is 10.1. The largest absolute Gasteiger partial charge is 0.440 e. The van der Waals surface area contributed by atoms with Crippen LogP contribution in [0.3, 0.4) is 0 Å². The zero-order valence-electron chi connectivity index (χ0n) is 9.06. The summed E-state index contributed by atoms with van der Waals surface area (Å²) in [6.07, 6.45) is 1.96. The lowest BCUT2D eigenvalue weighted by atomic mass is 10.2. The highest BCUT2D eigenvalue weighted by Gasteiger charge is 2.05. The van der Waals surface area contributed by atoms with Crippen LogP contribution in [0.1, 0.15) is 5.56 Å². The van der Waals surface area contributed by atoms with Crippen LogP contribution in [0.4, 0.5) is 0 Å². The molecule has 1 heterocycles. The zero-order valence-corrected chi connectivity index (χ0v) is 9.82. The van der Waals surface area contributed by atoms with Gasteiger partial charge in [-0.1, -0.05) is 23.7 Å². The van der Waals surface area contributed by atoms with Crippen molar-refractivity contribution in [1.82, 2.24) is 0 Å². The van der Waals surface area contributed by atoms with E-state index < -0.39 is 0 Å². The minimum absolute atomic E-state index is 0.551. The maximum atomic E-state index is 5.81. The maximum Gasteiger partial charge on any atom is 0.367 e. The summed E-state index contributed by atoms with van der Waals surface area (Å²) in [4.78, 5) is 0. The fourth-order valence-electron chi connectivity index (χ4n) is 1.40. The van der Waals surface area contributed by atoms with Gasteiger partial charge in [0.25, 0.3) is 0 Å². The van der Waals surface area contributed by atoms with Crippen molar-refractivity contribution in [2.75, 3.05) is 0 Å². The van der Waals surface area contributed by atoms with Crippen LogP contribution in [0.2, 0.25) is 5.02 Å². The van der Waals surface area contributed by atoms with Crippen molar-refractivity contribution in [2.24, 2.45) is 7.05 Å². The lowest BCUT2D eigenvalue weighted by molar-refractivity contribution is -0.677. The van der Waals surface area contributed by atoms with Crippen LogP contribution >= 0.6 is 11.6 Å². The highest BCUT2D eigenvalue weighted by molar-refractivity contribution is 6.30. The van der Waals surface area contributed by atoms with Crippen molar-refractivity contribution in [3.63, 3.8) is 0 Å². The van der Waals surface area contributed by atoms with Crippen molar-refractivity contribution in [2.45, 2.75) is 6.61 Å². The molecule has 2 aromatic rings. The first-order valence-corrected chi connectivity index (χ1v) is 5.45. The average Bonchev–Trinajstić information content (AvgIpc) is 2.30. The molecule has 0 aliphatic carbocycles. The van der Waals surface area contributed by atoms with Crippen molar-refractivity contribution in [3.05, 3.63) is 59.2 Å². The molecule has 2 rings (SSSR count). The van der Waals surface area contributed by atoms with Crippen LogP contribution < -0.4 is 9.30 Å². The van der Waals surface area contributed by atoms with E-state index >= 15 is 0 Å². The number of aromatic nitrogens is 1. The van der Waals surface area contributed by atoms with E-state index in [1.54, 1.807) is 0 Å². The summed E-state index contributed by atoms with van der Waals surface area (Å²) in [6, 6.07) is 13.5. The van der Waals surface area contributed by atoms with Crippen LogP contribution in [0.25, 0.3) is 0 Å². The topological polar surface area (TPSA) is 13.1 Å². The number of rotatable bonds is 3. The third-order valence-corrected chi connectivity index (χ3v) is 2.56. The SMILES string of the molecule is C[n+]1ccccc1OCc1ccc(Cl)cc1. The molecule has 0 unspecified atom stereocenters. The molecule has 0 bridgehead atoms. The first-order valence-electron chi connectivity index (χ1n) is 5.07. The number of nitrogens with zero attached hydrogens (tertiary/aromatic N) is 1. The maximum absolute atomic E-state index is 5.81. The van der Waals surface area contributed by atoms with E-state index in [4.69, 9.17) is 16.3 Å². The van der Waals surface area contributed by atoms with E-state index in [1.165, 1.54) is 0 Å². The first kappa shape index (κ1) is 11.0. The summed E-state index contributed by atoms with van der Waals surface area (Å²) in [5.74, 6) is 0.845. The van der Waals surface area contributed by atoms with Gasteiger partial charge in [0.05, 0.1) is 6.07 Å². The Bertz CT molecular complexity index is 468. The number of pyridine rings is 1. The number of ether oxygens (including phenoxy) is 1. The molecule has 2 nitrogen and oxygen atoms in total. The Hall–Kier alpha value is -1.54. The van der Waals surface area contributed by atoms with Crippen molar-refractivity contribution in [1.29, 1.82) is 0 Å². The lowest BCUT2D eigenvalue weighted by Gasteiger charge is -2.03. The lowest BCUT2D eigenvalue weighted by Crippen LogP contribution is -2.29. The quantitative estimate of drug-likeness (QED) is 0.745. The molecule has 3 heteroatoms. The van der Waals surface area contributed by atoms with Crippen LogP contribution in [-0.2, 0) is 13.7 Å². The first-order chi connectivity index (χ1) is 7.75. The molecular weight excluding hydrogens is 222 g/mol. The second-order valence-electron chi connectivity index (χ2n) is 3.56. The molecule has 82 valence electrons. The molecule has 0 fully saturated rings. The Labute approximate surface area is 100 Å². The number of benzene rings is 1. The van der Waals surface area contributed by atoms with Gasteiger partial charge < -0.3 is 4.74 Å². The zero-order chi connectivity index (χ0) is 11.4. The highest BCUT2D eigenvalue weighted by atomic mass is 35.5. The number of hydrogen-bond acceptors (Lipinski definition) is 1. The molecule has 0 amide bonds. The van der Waals surface area contributed by atoms with Gasteiger partial charge in [0, 0.05) is 11.1 Å². The second kappa shape index (κ2) is 4.99. The van der Waals surface area contributed by atoms with Gasteiger partial charge in [-0.3, -0.25) is 0 Å². The van der Waals surface area contributed by atoms with Gasteiger partial charge in [0.1, 0.15) is 13.7 Å². The third kappa shape index (κ3) is 2.74. The van der Waals surface area contributed by atoms with Crippen molar-refractivity contribution >= 4 is 11.6 Å². The van der Waals surface area contributed by atoms with Crippen LogP contribution in [0.15, 0.2) is 48.7 Å². The third-order valence-electron chi connectivity index (χ3n) is 2.31. The Morgan fingerprint density at radius 2 is 1.88 bits per heavy atom. The fraction of sp³-hybridized carbons (Fsp3) is 0.154. The molecule has 0 atom stereocenters. The molecule has 0 N–H and O–H groups in total. The minimum atomic E-state index is 0.551. The van der Waals surface area contributed by atoms with Gasteiger partial charge >= 0.3 is 5.88 Å². The second-order valence-corrected chi connectivity index (χ2v) is 4.00. The average molecular weight is 235 g/mol. The van der Waals surface area contributed by atoms with E-state index in [9.17, 15) is 0 Å². The molecule has 0 radical (unpaired) electrons. The van der Waals surface area contributed by atoms with Gasteiger partial charge in [0.15, 0.2) is 6.20 Å². The van der Waals surface area contributed by atoms with Gasteiger partial charge in [0.2, 0.25) is 0 Å². The van der Waals surface area contributed by atoms with E-state index in [2.05, 4.69) is 0 Å². The molecule has 0 aliphatic rings. The monoisotopic (exact) mass is 234 g/mol. The molecule has 0 saturated heterocycles. The Morgan fingerprint density at radius 1 is 1.12 bits per heavy atom. The van der Waals surface area contributed by atoms with Crippen LogP contribution in [0.5, 0.6) is 5.88 Å². The van der Waals surface area contributed by atoms with E-state index in [1.807, 2.05) is 60.3 Å². The molecule has 1 aromatic carbocycles. The van der Waals surface area contributed by atoms with Crippen molar-refractivity contribution < 1.29 is 9.30 Å². The van der Waals surface area contributed by atoms with Crippen molar-refractivity contribution in [3.8, 4) is 5.88 Å². The van der Waals surface area contributed by atoms with Gasteiger partial charge in [-0.2, -0.15) is 4.57 Å². The molecule has 0 saturated carbocycles. The van der Waals surface area contributed by atoms with E-state index in [0.717, 1.165) is 16.5 Å². The van der Waals surface area contributed by atoms with E-state index in [0.29, 0.717) is 6.61 Å². The highest BCUT2D eigenvalue weighted by Crippen LogP contribution is 2.11. The Kier molecular flexibility index (Phi) is 3.42. The summed E-state index contributed by atoms with van der Waals surface area (Å²) in [7, 11) is 1.96. The summed E-state index contributed by atoms with van der Waals surface area (Å²) in [5, 5.41) is 0.744. The predicted octanol–water partition coefficient (Wildman–Crippen LogP) is 2.74. The summed E-state index contributed by atoms with van der Waals surface area (Å²) in [5.41, 5.74) is 1.10.